The molecule has 1 aliphatic rings. The number of aryl methyl sites for hydroxylation is 2. The molecule has 2 rings (SSSR count). The summed E-state index contributed by atoms with van der Waals surface area (Å²) in [4.78, 5) is 12.0. The van der Waals surface area contributed by atoms with Crippen LogP contribution < -0.4 is 4.74 Å². The van der Waals surface area contributed by atoms with Gasteiger partial charge in [0.1, 0.15) is 11.5 Å². The van der Waals surface area contributed by atoms with Crippen molar-refractivity contribution in [1.29, 1.82) is 0 Å². The Kier molecular flexibility index (Phi) is 5.22. The fourth-order valence-corrected chi connectivity index (χ4v) is 2.94. The molecular formula is C19H26O2. The molecular weight excluding hydrogens is 260 g/mol. The maximum absolute atomic E-state index is 12.0. The first-order valence-corrected chi connectivity index (χ1v) is 8.10. The van der Waals surface area contributed by atoms with Crippen molar-refractivity contribution in [1.82, 2.24) is 0 Å². The summed E-state index contributed by atoms with van der Waals surface area (Å²) in [5.41, 5.74) is 4.52. The van der Waals surface area contributed by atoms with Gasteiger partial charge in [-0.1, -0.05) is 38.8 Å². The number of carbonyl (C=O) groups excluding carboxylic acids is 1. The van der Waals surface area contributed by atoms with Crippen LogP contribution in [-0.2, 0) is 17.6 Å². The van der Waals surface area contributed by atoms with Crippen molar-refractivity contribution >= 4 is 5.78 Å². The first-order chi connectivity index (χ1) is 10.1. The zero-order chi connectivity index (χ0) is 15.4. The average Bonchev–Trinajstić information content (AvgIpc) is 2.47. The molecule has 2 nitrogen and oxygen atoms in total. The van der Waals surface area contributed by atoms with Gasteiger partial charge < -0.3 is 4.74 Å². The molecule has 0 amide bonds. The van der Waals surface area contributed by atoms with Crippen molar-refractivity contribution in [2.75, 3.05) is 0 Å². The van der Waals surface area contributed by atoms with Crippen LogP contribution in [0.4, 0.5) is 0 Å². The third kappa shape index (κ3) is 3.55. The Bertz CT molecular complexity index is 567. The highest BCUT2D eigenvalue weighted by Gasteiger charge is 2.24. The summed E-state index contributed by atoms with van der Waals surface area (Å²) < 4.78 is 6.14. The molecule has 1 aromatic rings. The molecule has 1 aliphatic heterocycles. The summed E-state index contributed by atoms with van der Waals surface area (Å²) >= 11 is 0. The molecule has 0 aliphatic carbocycles. The van der Waals surface area contributed by atoms with E-state index in [0.29, 0.717) is 0 Å². The van der Waals surface area contributed by atoms with Crippen LogP contribution >= 0.6 is 0 Å². The van der Waals surface area contributed by atoms with Crippen LogP contribution in [0.5, 0.6) is 5.75 Å². The van der Waals surface area contributed by atoms with Gasteiger partial charge in [0.2, 0.25) is 0 Å². The molecule has 0 saturated carbocycles. The number of allylic oxidation sites excluding steroid dienone is 2. The summed E-state index contributed by atoms with van der Waals surface area (Å²) in [7, 11) is 0. The van der Waals surface area contributed by atoms with Crippen molar-refractivity contribution in [2.24, 2.45) is 0 Å². The maximum atomic E-state index is 12.0. The first-order valence-electron chi connectivity index (χ1n) is 8.10. The molecule has 2 heteroatoms. The molecule has 0 spiro atoms. The Labute approximate surface area is 128 Å². The van der Waals surface area contributed by atoms with Gasteiger partial charge in [-0.2, -0.15) is 0 Å². The fourth-order valence-electron chi connectivity index (χ4n) is 2.94. The lowest BCUT2D eigenvalue weighted by atomic mass is 9.92. The molecule has 1 heterocycles. The molecule has 21 heavy (non-hydrogen) atoms. The first kappa shape index (κ1) is 15.8. The molecule has 114 valence electrons. The highest BCUT2D eigenvalue weighted by molar-refractivity contribution is 5.94. The average molecular weight is 286 g/mol. The second kappa shape index (κ2) is 6.93. The van der Waals surface area contributed by atoms with E-state index in [2.05, 4.69) is 32.9 Å². The van der Waals surface area contributed by atoms with Gasteiger partial charge in [0.25, 0.3) is 0 Å². The van der Waals surface area contributed by atoms with Crippen molar-refractivity contribution in [3.8, 4) is 5.75 Å². The van der Waals surface area contributed by atoms with Gasteiger partial charge in [0.05, 0.1) is 0 Å². The van der Waals surface area contributed by atoms with Gasteiger partial charge in [0.15, 0.2) is 5.78 Å². The zero-order valence-corrected chi connectivity index (χ0v) is 13.7. The van der Waals surface area contributed by atoms with Gasteiger partial charge in [-0.25, -0.2) is 0 Å². The van der Waals surface area contributed by atoms with Crippen LogP contribution in [0.15, 0.2) is 23.5 Å². The normalized spacial score (nSPS) is 13.9. The summed E-state index contributed by atoms with van der Waals surface area (Å²) in [5, 5.41) is 0. The lowest BCUT2D eigenvalue weighted by Crippen LogP contribution is -2.16. The van der Waals surface area contributed by atoms with E-state index >= 15 is 0 Å². The van der Waals surface area contributed by atoms with Crippen LogP contribution in [0.1, 0.15) is 63.1 Å². The highest BCUT2D eigenvalue weighted by atomic mass is 16.5. The van der Waals surface area contributed by atoms with Crippen LogP contribution in [0, 0.1) is 6.92 Å². The van der Waals surface area contributed by atoms with E-state index in [-0.39, 0.29) is 5.78 Å². The number of carbonyl (C=O) groups is 1. The number of Topliss-reactive ketones (excluding diaryl/α,β-unsaturated/α-hetero) is 1. The minimum absolute atomic E-state index is 0.145. The van der Waals surface area contributed by atoms with Gasteiger partial charge in [-0.15, -0.1) is 0 Å². The third-order valence-corrected chi connectivity index (χ3v) is 4.18. The monoisotopic (exact) mass is 286 g/mol. The molecule has 0 N–H and O–H groups in total. The molecule has 1 aromatic carbocycles. The Balaban J connectivity index is 2.32. The number of ketones is 1. The topological polar surface area (TPSA) is 26.3 Å². The van der Waals surface area contributed by atoms with E-state index in [1.54, 1.807) is 6.92 Å². The van der Waals surface area contributed by atoms with E-state index in [4.69, 9.17) is 4.74 Å². The van der Waals surface area contributed by atoms with Gasteiger partial charge in [-0.05, 0) is 43.4 Å². The van der Waals surface area contributed by atoms with Crippen LogP contribution in [0.25, 0.3) is 0 Å². The smallest absolute Gasteiger partial charge is 0.159 e. The molecule has 0 atom stereocenters. The fraction of sp³-hybridized carbons (Fsp3) is 0.526. The van der Waals surface area contributed by atoms with E-state index in [1.165, 1.54) is 24.0 Å². The number of hydrogen-bond acceptors (Lipinski definition) is 2. The Morgan fingerprint density at radius 2 is 2.00 bits per heavy atom. The quantitative estimate of drug-likeness (QED) is 0.694. The van der Waals surface area contributed by atoms with Crippen LogP contribution in [0.2, 0.25) is 0 Å². The van der Waals surface area contributed by atoms with Crippen molar-refractivity contribution in [2.45, 2.75) is 66.2 Å². The molecule has 0 fully saturated rings. The Hall–Kier alpha value is -1.57. The number of unbranched alkanes of at least 4 members (excludes halogenated alkanes) is 2. The van der Waals surface area contributed by atoms with Crippen molar-refractivity contribution in [3.05, 3.63) is 40.2 Å². The van der Waals surface area contributed by atoms with E-state index in [0.717, 1.165) is 48.3 Å². The van der Waals surface area contributed by atoms with E-state index in [1.807, 2.05) is 0 Å². The largest absolute Gasteiger partial charge is 0.461 e. The second-order valence-electron chi connectivity index (χ2n) is 5.95. The number of fused-ring (bicyclic) bond motifs is 1. The minimum Gasteiger partial charge on any atom is -0.461 e. The molecule has 0 radical (unpaired) electrons. The summed E-state index contributed by atoms with van der Waals surface area (Å²) in [6.07, 6.45) is 6.05. The maximum Gasteiger partial charge on any atom is 0.159 e. The Morgan fingerprint density at radius 3 is 2.62 bits per heavy atom. The molecule has 0 saturated heterocycles. The number of ether oxygens (including phenoxy) is 1. The van der Waals surface area contributed by atoms with Crippen molar-refractivity contribution < 1.29 is 9.53 Å². The zero-order valence-electron chi connectivity index (χ0n) is 13.7. The van der Waals surface area contributed by atoms with Gasteiger partial charge >= 0.3 is 0 Å². The summed E-state index contributed by atoms with van der Waals surface area (Å²) in [5.74, 6) is 2.02. The lowest BCUT2D eigenvalue weighted by Gasteiger charge is -2.25. The minimum atomic E-state index is 0.145. The summed E-state index contributed by atoms with van der Waals surface area (Å²) in [6, 6.07) is 4.38. The third-order valence-electron chi connectivity index (χ3n) is 4.18. The standard InChI is InChI=1S/C19H26O2/c1-5-7-8-9-18-17(14(4)20)12-16-11-15(6-2)10-13(3)19(16)21-18/h10-11H,5-9,12H2,1-4H3. The SMILES string of the molecule is CCCCCC1=C(C(C)=O)Cc2cc(CC)cc(C)c2O1. The number of rotatable bonds is 6. The molecule has 0 aromatic heterocycles. The Morgan fingerprint density at radius 1 is 1.24 bits per heavy atom. The van der Waals surface area contributed by atoms with E-state index in [9.17, 15) is 4.79 Å². The lowest BCUT2D eigenvalue weighted by molar-refractivity contribution is -0.113. The predicted molar refractivity (Wildman–Crippen MR) is 86.7 cm³/mol. The van der Waals surface area contributed by atoms with Crippen molar-refractivity contribution in [3.63, 3.8) is 0 Å². The van der Waals surface area contributed by atoms with E-state index < -0.39 is 0 Å². The molecule has 0 bridgehead atoms. The number of hydrogen-bond donors (Lipinski definition) is 0. The van der Waals surface area contributed by atoms with Crippen LogP contribution in [0.3, 0.4) is 0 Å². The molecule has 0 unspecified atom stereocenters. The second-order valence-corrected chi connectivity index (χ2v) is 5.95. The van der Waals surface area contributed by atoms with Crippen LogP contribution in [-0.4, -0.2) is 5.78 Å². The predicted octanol–water partition coefficient (Wildman–Crippen LogP) is 4.92. The van der Waals surface area contributed by atoms with Gasteiger partial charge in [0, 0.05) is 18.4 Å². The summed E-state index contributed by atoms with van der Waals surface area (Å²) in [6.45, 7) is 8.09. The number of benzene rings is 1. The highest BCUT2D eigenvalue weighted by Crippen LogP contribution is 2.36. The van der Waals surface area contributed by atoms with Gasteiger partial charge in [-0.3, -0.25) is 4.79 Å².